The van der Waals surface area contributed by atoms with E-state index in [0.717, 1.165) is 17.8 Å². The Morgan fingerprint density at radius 3 is 2.95 bits per heavy atom. The molecule has 106 valence electrons. The maximum Gasteiger partial charge on any atom is 0.329 e. The van der Waals surface area contributed by atoms with Crippen LogP contribution in [-0.2, 0) is 16.0 Å². The van der Waals surface area contributed by atoms with Gasteiger partial charge in [-0.2, -0.15) is 0 Å². The molecule has 0 aromatic carbocycles. The van der Waals surface area contributed by atoms with Gasteiger partial charge in [-0.25, -0.2) is 9.78 Å². The van der Waals surface area contributed by atoms with Crippen LogP contribution >= 0.6 is 11.3 Å². The normalized spacial score (nSPS) is 17.9. The first-order chi connectivity index (χ1) is 9.49. The summed E-state index contributed by atoms with van der Waals surface area (Å²) < 4.78 is 1.85. The first-order valence-corrected chi connectivity index (χ1v) is 7.32. The largest absolute Gasteiger partial charge is 0.480 e. The Kier molecular flexibility index (Phi) is 3.01. The van der Waals surface area contributed by atoms with Gasteiger partial charge in [-0.1, -0.05) is 0 Å². The average molecular weight is 293 g/mol. The van der Waals surface area contributed by atoms with E-state index in [1.165, 1.54) is 11.3 Å². The van der Waals surface area contributed by atoms with Crippen LogP contribution in [0.15, 0.2) is 17.8 Å². The number of rotatable bonds is 5. The van der Waals surface area contributed by atoms with E-state index in [1.807, 2.05) is 16.0 Å². The molecular formula is C13H15N3O3S. The Balaban J connectivity index is 1.70. The first-order valence-electron chi connectivity index (χ1n) is 6.44. The second-order valence-electron chi connectivity index (χ2n) is 5.33. The van der Waals surface area contributed by atoms with E-state index in [0.29, 0.717) is 5.69 Å². The Hall–Kier alpha value is -1.89. The molecule has 1 aliphatic carbocycles. The van der Waals surface area contributed by atoms with Gasteiger partial charge in [-0.15, -0.1) is 11.3 Å². The van der Waals surface area contributed by atoms with E-state index < -0.39 is 11.5 Å². The maximum atomic E-state index is 12.0. The number of imidazole rings is 1. The molecule has 6 nitrogen and oxygen atoms in total. The maximum absolute atomic E-state index is 12.0. The summed E-state index contributed by atoms with van der Waals surface area (Å²) in [5.41, 5.74) is -0.508. The molecule has 0 aliphatic heterocycles. The second kappa shape index (κ2) is 4.59. The Bertz CT molecular complexity index is 645. The van der Waals surface area contributed by atoms with Crippen LogP contribution in [-0.4, -0.2) is 31.9 Å². The Labute approximate surface area is 119 Å². The molecule has 3 rings (SSSR count). The molecule has 0 saturated heterocycles. The monoisotopic (exact) mass is 293 g/mol. The standard InChI is InChI=1S/C13H15N3O3S/c1-13(11(18)19,8-2-3-8)15-10(17)6-9-7-16-4-5-20-12(16)14-9/h4-5,7-8H,2-3,6H2,1H3,(H,15,17)(H,18,19). The highest BCUT2D eigenvalue weighted by molar-refractivity contribution is 7.15. The molecule has 1 fully saturated rings. The topological polar surface area (TPSA) is 83.7 Å². The molecule has 20 heavy (non-hydrogen) atoms. The number of carbonyl (C=O) groups excluding carboxylic acids is 1. The summed E-state index contributed by atoms with van der Waals surface area (Å²) in [7, 11) is 0. The highest BCUT2D eigenvalue weighted by Gasteiger charge is 2.48. The molecule has 1 aliphatic rings. The summed E-state index contributed by atoms with van der Waals surface area (Å²) in [5.74, 6) is -1.24. The summed E-state index contributed by atoms with van der Waals surface area (Å²) >= 11 is 1.49. The summed E-state index contributed by atoms with van der Waals surface area (Å²) in [6, 6.07) is 0. The molecule has 0 spiro atoms. The van der Waals surface area contributed by atoms with Crippen molar-refractivity contribution in [1.29, 1.82) is 0 Å². The van der Waals surface area contributed by atoms with Crippen LogP contribution in [0.2, 0.25) is 0 Å². The van der Waals surface area contributed by atoms with E-state index in [-0.39, 0.29) is 18.2 Å². The van der Waals surface area contributed by atoms with Gasteiger partial charge in [0, 0.05) is 17.8 Å². The molecule has 2 N–H and O–H groups in total. The molecule has 0 bridgehead atoms. The van der Waals surface area contributed by atoms with E-state index in [9.17, 15) is 14.7 Å². The van der Waals surface area contributed by atoms with Crippen LogP contribution in [0.3, 0.4) is 0 Å². The molecule has 1 unspecified atom stereocenters. The van der Waals surface area contributed by atoms with E-state index in [4.69, 9.17) is 0 Å². The van der Waals surface area contributed by atoms with Gasteiger partial charge in [0.15, 0.2) is 4.96 Å². The molecule has 0 radical (unpaired) electrons. The van der Waals surface area contributed by atoms with Gasteiger partial charge in [0.1, 0.15) is 5.54 Å². The van der Waals surface area contributed by atoms with Crippen molar-refractivity contribution >= 4 is 28.2 Å². The highest BCUT2D eigenvalue weighted by atomic mass is 32.1. The number of carboxylic acids is 1. The number of amides is 1. The zero-order valence-corrected chi connectivity index (χ0v) is 11.8. The molecule has 7 heteroatoms. The van der Waals surface area contributed by atoms with Crippen molar-refractivity contribution in [2.45, 2.75) is 31.7 Å². The first kappa shape index (κ1) is 13.1. The Morgan fingerprint density at radius 1 is 1.60 bits per heavy atom. The third kappa shape index (κ3) is 2.29. The smallest absolute Gasteiger partial charge is 0.329 e. The molecule has 2 aromatic rings. The second-order valence-corrected chi connectivity index (χ2v) is 6.20. The van der Waals surface area contributed by atoms with E-state index in [2.05, 4.69) is 10.3 Å². The van der Waals surface area contributed by atoms with Crippen LogP contribution in [0.4, 0.5) is 0 Å². The van der Waals surface area contributed by atoms with Gasteiger partial charge >= 0.3 is 5.97 Å². The number of carbonyl (C=O) groups is 2. The minimum absolute atomic E-state index is 0.0365. The average Bonchev–Trinajstić information content (AvgIpc) is 3.03. The van der Waals surface area contributed by atoms with Crippen LogP contribution < -0.4 is 5.32 Å². The predicted octanol–water partition coefficient (Wildman–Crippen LogP) is 1.31. The lowest BCUT2D eigenvalue weighted by molar-refractivity contribution is -0.147. The number of aromatic nitrogens is 2. The fourth-order valence-corrected chi connectivity index (χ4v) is 3.07. The lowest BCUT2D eigenvalue weighted by atomic mass is 9.95. The van der Waals surface area contributed by atoms with E-state index in [1.54, 1.807) is 13.1 Å². The number of fused-ring (bicyclic) bond motifs is 1. The number of nitrogens with one attached hydrogen (secondary N) is 1. The van der Waals surface area contributed by atoms with Gasteiger partial charge in [-0.05, 0) is 25.7 Å². The van der Waals surface area contributed by atoms with Crippen LogP contribution in [0.1, 0.15) is 25.5 Å². The summed E-state index contributed by atoms with van der Waals surface area (Å²) in [4.78, 5) is 28.6. The van der Waals surface area contributed by atoms with Crippen molar-refractivity contribution in [2.75, 3.05) is 0 Å². The molecule has 2 aromatic heterocycles. The minimum Gasteiger partial charge on any atom is -0.480 e. The fourth-order valence-electron chi connectivity index (χ4n) is 2.35. The van der Waals surface area contributed by atoms with Gasteiger partial charge in [0.2, 0.25) is 5.91 Å². The highest BCUT2D eigenvalue weighted by Crippen LogP contribution is 2.39. The van der Waals surface area contributed by atoms with Crippen molar-refractivity contribution in [3.8, 4) is 0 Å². The van der Waals surface area contributed by atoms with Gasteiger partial charge < -0.3 is 10.4 Å². The van der Waals surface area contributed by atoms with Crippen molar-refractivity contribution < 1.29 is 14.7 Å². The third-order valence-corrected chi connectivity index (χ3v) is 4.49. The number of hydrogen-bond donors (Lipinski definition) is 2. The third-order valence-electron chi connectivity index (χ3n) is 3.72. The number of thiazole rings is 1. The fraction of sp³-hybridized carbons (Fsp3) is 0.462. The molecule has 1 atom stereocenters. The van der Waals surface area contributed by atoms with Crippen molar-refractivity contribution in [3.05, 3.63) is 23.5 Å². The summed E-state index contributed by atoms with van der Waals surface area (Å²) in [6.07, 6.45) is 5.47. The van der Waals surface area contributed by atoms with Crippen molar-refractivity contribution in [1.82, 2.24) is 14.7 Å². The quantitative estimate of drug-likeness (QED) is 0.870. The van der Waals surface area contributed by atoms with Crippen LogP contribution in [0.25, 0.3) is 4.96 Å². The number of nitrogens with zero attached hydrogens (tertiary/aromatic N) is 2. The predicted molar refractivity (Wildman–Crippen MR) is 73.7 cm³/mol. The molecule has 1 saturated carbocycles. The van der Waals surface area contributed by atoms with E-state index >= 15 is 0 Å². The van der Waals surface area contributed by atoms with Gasteiger partial charge in [0.25, 0.3) is 0 Å². The minimum atomic E-state index is -1.16. The molecular weight excluding hydrogens is 278 g/mol. The molecule has 1 amide bonds. The SMILES string of the molecule is CC(NC(=O)Cc1cn2ccsc2n1)(C(=O)O)C1CC1. The summed E-state index contributed by atoms with van der Waals surface area (Å²) in [5, 5.41) is 13.9. The van der Waals surface area contributed by atoms with Crippen LogP contribution in [0, 0.1) is 5.92 Å². The molecule has 2 heterocycles. The number of hydrogen-bond acceptors (Lipinski definition) is 4. The zero-order valence-electron chi connectivity index (χ0n) is 11.0. The van der Waals surface area contributed by atoms with Crippen LogP contribution in [0.5, 0.6) is 0 Å². The van der Waals surface area contributed by atoms with Crippen molar-refractivity contribution in [2.24, 2.45) is 5.92 Å². The van der Waals surface area contributed by atoms with Gasteiger partial charge in [-0.3, -0.25) is 9.20 Å². The van der Waals surface area contributed by atoms with Gasteiger partial charge in [0.05, 0.1) is 12.1 Å². The number of aliphatic carboxylic acids is 1. The Morgan fingerprint density at radius 2 is 2.35 bits per heavy atom. The number of carboxylic acid groups (broad SMARTS) is 1. The lowest BCUT2D eigenvalue weighted by Gasteiger charge is -2.25. The summed E-state index contributed by atoms with van der Waals surface area (Å²) in [6.45, 7) is 1.58. The van der Waals surface area contributed by atoms with Crippen molar-refractivity contribution in [3.63, 3.8) is 0 Å². The zero-order chi connectivity index (χ0) is 14.3. The lowest BCUT2D eigenvalue weighted by Crippen LogP contribution is -2.54.